The molecule has 33 heavy (non-hydrogen) atoms. The lowest BCUT2D eigenvalue weighted by atomic mass is 10.1. The number of allylic oxidation sites excluding steroid dienone is 4. The highest BCUT2D eigenvalue weighted by Gasteiger charge is 2.29. The summed E-state index contributed by atoms with van der Waals surface area (Å²) in [5.74, 6) is -2.08. The molecule has 0 saturated carbocycles. The van der Waals surface area contributed by atoms with Gasteiger partial charge in [-0.2, -0.15) is 0 Å². The zero-order valence-corrected chi connectivity index (χ0v) is 20.1. The van der Waals surface area contributed by atoms with Crippen LogP contribution in [0.15, 0.2) is 29.3 Å². The molecule has 0 bridgehead atoms. The molecule has 0 rings (SSSR count). The van der Waals surface area contributed by atoms with Gasteiger partial charge in [-0.1, -0.05) is 38.0 Å². The number of unbranched alkanes of at least 4 members (excludes halogenated alkanes) is 6. The molecule has 0 heterocycles. The predicted octanol–water partition coefficient (Wildman–Crippen LogP) is 3.63. The number of hydrogen-bond acceptors (Lipinski definition) is 6. The Kier molecular flexibility index (Phi) is 19.0. The van der Waals surface area contributed by atoms with Gasteiger partial charge in [0.2, 0.25) is 11.9 Å². The van der Waals surface area contributed by atoms with Gasteiger partial charge in [0.15, 0.2) is 0 Å². The van der Waals surface area contributed by atoms with Gasteiger partial charge in [-0.25, -0.2) is 19.4 Å². The number of carbonyl (C=O) groups excluding carboxylic acids is 4. The van der Waals surface area contributed by atoms with E-state index in [1.165, 1.54) is 6.21 Å². The van der Waals surface area contributed by atoms with Gasteiger partial charge in [0.25, 0.3) is 0 Å². The van der Waals surface area contributed by atoms with Gasteiger partial charge in [0, 0.05) is 19.2 Å². The van der Waals surface area contributed by atoms with Crippen molar-refractivity contribution in [1.82, 2.24) is 10.6 Å². The average molecular weight is 466 g/mol. The molecule has 0 aromatic carbocycles. The zero-order chi connectivity index (χ0) is 24.7. The van der Waals surface area contributed by atoms with E-state index in [0.717, 1.165) is 65.6 Å². The number of aliphatic imine (C=N–C) groups is 1. The minimum absolute atomic E-state index is 0.234. The number of nitrogens with zero attached hydrogens (tertiary/aromatic N) is 1. The Bertz CT molecular complexity index is 657. The van der Waals surface area contributed by atoms with Gasteiger partial charge in [0.05, 0.1) is 14.2 Å². The Balaban J connectivity index is 3.69. The number of amides is 3. The van der Waals surface area contributed by atoms with Crippen molar-refractivity contribution >= 4 is 30.1 Å². The number of nitrogens with one attached hydrogen (secondary N) is 2. The molecule has 2 N–H and O–H groups in total. The van der Waals surface area contributed by atoms with Crippen molar-refractivity contribution < 1.29 is 28.7 Å². The fourth-order valence-electron chi connectivity index (χ4n) is 2.76. The summed E-state index contributed by atoms with van der Waals surface area (Å²) in [6, 6.07) is -1.73. The van der Waals surface area contributed by atoms with Gasteiger partial charge in [0.1, 0.15) is 0 Å². The lowest BCUT2D eigenvalue weighted by Gasteiger charge is -2.14. The molecular weight excluding hydrogens is 426 g/mol. The molecule has 186 valence electrons. The molecule has 0 radical (unpaired) electrons. The van der Waals surface area contributed by atoms with Crippen LogP contribution in [0.2, 0.25) is 0 Å². The Morgan fingerprint density at radius 3 is 2.06 bits per heavy atom. The number of hydrogen-bond donors (Lipinski definition) is 2. The van der Waals surface area contributed by atoms with Gasteiger partial charge < -0.3 is 20.1 Å². The highest BCUT2D eigenvalue weighted by Crippen LogP contribution is 2.07. The molecule has 0 unspecified atom stereocenters. The largest absolute Gasteiger partial charge is 0.467 e. The SMILES string of the molecule is CC/C=C/C=NC(=O)NCCCC/C=C\CCCCCCC(=O)NC(C(=O)OC)C(=O)OC. The van der Waals surface area contributed by atoms with E-state index in [-0.39, 0.29) is 18.4 Å². The van der Waals surface area contributed by atoms with Crippen LogP contribution in [0.5, 0.6) is 0 Å². The maximum Gasteiger partial charge on any atom is 0.340 e. The maximum absolute atomic E-state index is 11.9. The first-order valence-corrected chi connectivity index (χ1v) is 11.5. The zero-order valence-electron chi connectivity index (χ0n) is 20.1. The first-order valence-electron chi connectivity index (χ1n) is 11.5. The summed E-state index contributed by atoms with van der Waals surface area (Å²) in [5.41, 5.74) is 0. The third-order valence-corrected chi connectivity index (χ3v) is 4.59. The van der Waals surface area contributed by atoms with E-state index >= 15 is 0 Å². The van der Waals surface area contributed by atoms with Crippen LogP contribution >= 0.6 is 0 Å². The number of esters is 2. The molecule has 0 aliphatic heterocycles. The van der Waals surface area contributed by atoms with E-state index in [4.69, 9.17) is 0 Å². The van der Waals surface area contributed by atoms with Crippen molar-refractivity contribution in [3.63, 3.8) is 0 Å². The summed E-state index contributed by atoms with van der Waals surface area (Å²) in [5, 5.41) is 5.10. The summed E-state index contributed by atoms with van der Waals surface area (Å²) in [4.78, 5) is 50.2. The number of methoxy groups -OCH3 is 2. The average Bonchev–Trinajstić information content (AvgIpc) is 2.82. The lowest BCUT2D eigenvalue weighted by Crippen LogP contribution is -2.47. The van der Waals surface area contributed by atoms with Crippen molar-refractivity contribution in [3.05, 3.63) is 24.3 Å². The van der Waals surface area contributed by atoms with Gasteiger partial charge in [-0.15, -0.1) is 0 Å². The normalized spacial score (nSPS) is 11.4. The van der Waals surface area contributed by atoms with E-state index in [9.17, 15) is 19.2 Å². The topological polar surface area (TPSA) is 123 Å². The summed E-state index contributed by atoms with van der Waals surface area (Å²) < 4.78 is 9.00. The molecule has 0 fully saturated rings. The van der Waals surface area contributed by atoms with E-state index in [1.54, 1.807) is 6.08 Å². The minimum Gasteiger partial charge on any atom is -0.467 e. The fourth-order valence-corrected chi connectivity index (χ4v) is 2.76. The van der Waals surface area contributed by atoms with Crippen LogP contribution in [-0.4, -0.2) is 56.9 Å². The van der Waals surface area contributed by atoms with Gasteiger partial charge in [-0.3, -0.25) is 4.79 Å². The minimum atomic E-state index is -1.42. The Morgan fingerprint density at radius 1 is 0.848 bits per heavy atom. The van der Waals surface area contributed by atoms with E-state index < -0.39 is 18.0 Å². The lowest BCUT2D eigenvalue weighted by molar-refractivity contribution is -0.157. The molecule has 3 amide bonds. The smallest absolute Gasteiger partial charge is 0.340 e. The second-order valence-electron chi connectivity index (χ2n) is 7.31. The van der Waals surface area contributed by atoms with Crippen LogP contribution in [0, 0.1) is 0 Å². The molecule has 0 aliphatic rings. The summed E-state index contributed by atoms with van der Waals surface area (Å²) in [7, 11) is 2.28. The second-order valence-corrected chi connectivity index (χ2v) is 7.31. The molecule has 9 nitrogen and oxygen atoms in total. The second kappa shape index (κ2) is 20.9. The van der Waals surface area contributed by atoms with Crippen LogP contribution in [0.3, 0.4) is 0 Å². The van der Waals surface area contributed by atoms with Gasteiger partial charge in [-0.05, 0) is 51.0 Å². The molecule has 0 spiro atoms. The van der Waals surface area contributed by atoms with Crippen LogP contribution in [0.1, 0.15) is 71.1 Å². The van der Waals surface area contributed by atoms with E-state index in [2.05, 4.69) is 37.3 Å². The molecule has 0 saturated heterocycles. The molecule has 0 aromatic rings. The van der Waals surface area contributed by atoms with Crippen molar-refractivity contribution in [2.75, 3.05) is 20.8 Å². The highest BCUT2D eigenvalue weighted by atomic mass is 16.5. The van der Waals surface area contributed by atoms with Crippen molar-refractivity contribution in [2.24, 2.45) is 4.99 Å². The maximum atomic E-state index is 11.9. The third-order valence-electron chi connectivity index (χ3n) is 4.59. The number of carbonyl (C=O) groups is 4. The fraction of sp³-hybridized carbons (Fsp3) is 0.625. The Labute approximate surface area is 197 Å². The van der Waals surface area contributed by atoms with E-state index in [1.807, 2.05) is 13.0 Å². The third kappa shape index (κ3) is 17.3. The highest BCUT2D eigenvalue weighted by molar-refractivity contribution is 6.02. The standard InChI is InChI=1S/C24H39N3O6/c1-4-5-15-18-25-24(31)26-19-16-13-11-9-7-6-8-10-12-14-17-20(28)27-21(22(29)32-2)23(30)33-3/h5,7,9,15,18,21H,4,6,8,10-14,16-17,19H2,1-3H3,(H,26,31)(H,27,28)/b9-7-,15-5+,25-18?. The molecule has 0 aromatic heterocycles. The number of rotatable bonds is 17. The summed E-state index contributed by atoms with van der Waals surface area (Å²) in [6.45, 7) is 2.64. The Hall–Kier alpha value is -2.97. The van der Waals surface area contributed by atoms with Crippen molar-refractivity contribution in [2.45, 2.75) is 77.2 Å². The number of urea groups is 1. The molecule has 9 heteroatoms. The van der Waals surface area contributed by atoms with Crippen LogP contribution in [-0.2, 0) is 23.9 Å². The molecule has 0 atom stereocenters. The monoisotopic (exact) mass is 465 g/mol. The van der Waals surface area contributed by atoms with Crippen LogP contribution < -0.4 is 10.6 Å². The van der Waals surface area contributed by atoms with Gasteiger partial charge >= 0.3 is 18.0 Å². The van der Waals surface area contributed by atoms with Crippen molar-refractivity contribution in [3.8, 4) is 0 Å². The first kappa shape index (κ1) is 30.0. The van der Waals surface area contributed by atoms with E-state index in [0.29, 0.717) is 13.0 Å². The quantitative estimate of drug-likeness (QED) is 0.111. The Morgan fingerprint density at radius 2 is 1.45 bits per heavy atom. The predicted molar refractivity (Wildman–Crippen MR) is 128 cm³/mol. The summed E-state index contributed by atoms with van der Waals surface area (Å²) >= 11 is 0. The number of ether oxygens (including phenoxy) is 2. The summed E-state index contributed by atoms with van der Waals surface area (Å²) in [6.07, 6.45) is 18.1. The molecule has 0 aliphatic carbocycles. The van der Waals surface area contributed by atoms with Crippen LogP contribution in [0.4, 0.5) is 4.79 Å². The van der Waals surface area contributed by atoms with Crippen molar-refractivity contribution in [1.29, 1.82) is 0 Å². The van der Waals surface area contributed by atoms with Crippen LogP contribution in [0.25, 0.3) is 0 Å². The first-order chi connectivity index (χ1) is 16.0. The molecular formula is C24H39N3O6.